The molecule has 8 nitrogen and oxygen atoms in total. The number of nitrogens with two attached hydrogens (primary N) is 1. The molecule has 0 spiro atoms. The topological polar surface area (TPSA) is 109 Å². The summed E-state index contributed by atoms with van der Waals surface area (Å²) in [4.78, 5) is 10.8. The predicted octanol–water partition coefficient (Wildman–Crippen LogP) is 3.19. The van der Waals surface area contributed by atoms with Gasteiger partial charge in [0.15, 0.2) is 11.5 Å². The van der Waals surface area contributed by atoms with Crippen molar-refractivity contribution in [1.29, 1.82) is 5.26 Å². The van der Waals surface area contributed by atoms with Gasteiger partial charge in [-0.2, -0.15) is 10.2 Å². The van der Waals surface area contributed by atoms with Gasteiger partial charge < -0.3 is 20.5 Å². The molecule has 2 heterocycles. The fourth-order valence-electron chi connectivity index (χ4n) is 3.50. The largest absolute Gasteiger partial charge is 0.490 e. The molecule has 0 aliphatic carbocycles. The van der Waals surface area contributed by atoms with E-state index in [2.05, 4.69) is 32.3 Å². The molecule has 1 aliphatic rings. The monoisotopic (exact) mass is 410 g/mol. The Bertz CT molecular complexity index is 888. The van der Waals surface area contributed by atoms with Crippen LogP contribution in [0.4, 0.5) is 11.8 Å². The van der Waals surface area contributed by atoms with Crippen molar-refractivity contribution in [1.82, 2.24) is 14.9 Å². The van der Waals surface area contributed by atoms with Gasteiger partial charge in [0.2, 0.25) is 5.95 Å². The predicted molar refractivity (Wildman–Crippen MR) is 116 cm³/mol. The van der Waals surface area contributed by atoms with Gasteiger partial charge in [0.1, 0.15) is 17.5 Å². The van der Waals surface area contributed by atoms with Crippen LogP contribution in [-0.2, 0) is 6.54 Å². The molecule has 0 unspecified atom stereocenters. The van der Waals surface area contributed by atoms with Crippen molar-refractivity contribution in [3.63, 3.8) is 0 Å². The molecule has 0 radical (unpaired) electrons. The lowest BCUT2D eigenvalue weighted by Gasteiger charge is -2.32. The van der Waals surface area contributed by atoms with Crippen LogP contribution in [0.15, 0.2) is 24.4 Å². The standard InChI is InChI=1S/C22H30N6O2/c1-4-29-20-11-16(5-6-19(20)30-15(2)3)14-28-9-7-18(8-10-28)26-22-25-13-17(12-23)21(24)27-22/h5-6,11,13,15,18H,4,7-10,14H2,1-3H3,(H3,24,25,26,27). The number of ether oxygens (including phenoxy) is 2. The Balaban J connectivity index is 1.54. The lowest BCUT2D eigenvalue weighted by molar-refractivity contribution is 0.209. The molecule has 0 bridgehead atoms. The lowest BCUT2D eigenvalue weighted by atomic mass is 10.0. The van der Waals surface area contributed by atoms with E-state index >= 15 is 0 Å². The van der Waals surface area contributed by atoms with Crippen LogP contribution in [0.25, 0.3) is 0 Å². The quantitative estimate of drug-likeness (QED) is 0.683. The Morgan fingerprint density at radius 2 is 2.07 bits per heavy atom. The SMILES string of the molecule is CCOc1cc(CN2CCC(Nc3ncc(C#N)c(N)n3)CC2)ccc1OC(C)C. The van der Waals surface area contributed by atoms with E-state index < -0.39 is 0 Å². The van der Waals surface area contributed by atoms with Crippen molar-refractivity contribution in [3.05, 3.63) is 35.5 Å². The molecule has 1 aromatic heterocycles. The smallest absolute Gasteiger partial charge is 0.224 e. The number of aromatic nitrogens is 2. The van der Waals surface area contributed by atoms with Crippen LogP contribution in [0.1, 0.15) is 44.7 Å². The first-order valence-corrected chi connectivity index (χ1v) is 10.4. The highest BCUT2D eigenvalue weighted by Gasteiger charge is 2.20. The van der Waals surface area contributed by atoms with E-state index in [1.807, 2.05) is 32.9 Å². The van der Waals surface area contributed by atoms with Crippen molar-refractivity contribution in [2.75, 3.05) is 30.7 Å². The molecule has 1 saturated heterocycles. The van der Waals surface area contributed by atoms with E-state index in [-0.39, 0.29) is 18.0 Å². The zero-order chi connectivity index (χ0) is 21.5. The number of hydrogen-bond acceptors (Lipinski definition) is 8. The van der Waals surface area contributed by atoms with Crippen molar-refractivity contribution < 1.29 is 9.47 Å². The zero-order valence-electron chi connectivity index (χ0n) is 17.9. The fraction of sp³-hybridized carbons (Fsp3) is 0.500. The molecular formula is C22H30N6O2. The Hall–Kier alpha value is -3.05. The van der Waals surface area contributed by atoms with Crippen LogP contribution in [-0.4, -0.2) is 46.7 Å². The number of anilines is 2. The number of likely N-dealkylation sites (tertiary alicyclic amines) is 1. The molecule has 1 fully saturated rings. The molecule has 1 aliphatic heterocycles. The summed E-state index contributed by atoms with van der Waals surface area (Å²) in [6.45, 7) is 9.42. The molecule has 1 aromatic carbocycles. The lowest BCUT2D eigenvalue weighted by Crippen LogP contribution is -2.39. The molecule has 8 heteroatoms. The molecule has 3 rings (SSSR count). The zero-order valence-corrected chi connectivity index (χ0v) is 17.9. The fourth-order valence-corrected chi connectivity index (χ4v) is 3.50. The minimum absolute atomic E-state index is 0.108. The number of nitrogens with one attached hydrogen (secondary N) is 1. The average molecular weight is 411 g/mol. The summed E-state index contributed by atoms with van der Waals surface area (Å²) < 4.78 is 11.6. The van der Waals surface area contributed by atoms with Crippen LogP contribution >= 0.6 is 0 Å². The van der Waals surface area contributed by atoms with Gasteiger partial charge in [-0.05, 0) is 51.3 Å². The van der Waals surface area contributed by atoms with E-state index in [1.165, 1.54) is 11.8 Å². The van der Waals surface area contributed by atoms with E-state index in [4.69, 9.17) is 20.5 Å². The van der Waals surface area contributed by atoms with Gasteiger partial charge in [-0.15, -0.1) is 0 Å². The Kier molecular flexibility index (Phi) is 7.31. The van der Waals surface area contributed by atoms with Gasteiger partial charge in [-0.1, -0.05) is 6.07 Å². The van der Waals surface area contributed by atoms with E-state index in [9.17, 15) is 0 Å². The molecule has 3 N–H and O–H groups in total. The van der Waals surface area contributed by atoms with Gasteiger partial charge in [-0.3, -0.25) is 4.90 Å². The van der Waals surface area contributed by atoms with Gasteiger partial charge >= 0.3 is 0 Å². The van der Waals surface area contributed by atoms with Crippen molar-refractivity contribution >= 4 is 11.8 Å². The third-order valence-electron chi connectivity index (χ3n) is 4.94. The third-order valence-corrected chi connectivity index (χ3v) is 4.94. The molecule has 160 valence electrons. The van der Waals surface area contributed by atoms with Gasteiger partial charge in [0, 0.05) is 25.7 Å². The second kappa shape index (κ2) is 10.1. The molecule has 30 heavy (non-hydrogen) atoms. The number of nitriles is 1. The molecule has 0 atom stereocenters. The summed E-state index contributed by atoms with van der Waals surface area (Å²) in [5.41, 5.74) is 7.28. The summed E-state index contributed by atoms with van der Waals surface area (Å²) in [5, 5.41) is 12.3. The Morgan fingerprint density at radius 3 is 2.70 bits per heavy atom. The van der Waals surface area contributed by atoms with Gasteiger partial charge in [-0.25, -0.2) is 4.98 Å². The van der Waals surface area contributed by atoms with Crippen molar-refractivity contribution in [3.8, 4) is 17.6 Å². The molecule has 0 saturated carbocycles. The van der Waals surface area contributed by atoms with Crippen LogP contribution in [0, 0.1) is 11.3 Å². The highest BCUT2D eigenvalue weighted by atomic mass is 16.5. The number of piperidine rings is 1. The first-order valence-electron chi connectivity index (χ1n) is 10.4. The van der Waals surface area contributed by atoms with E-state index in [0.717, 1.165) is 44.0 Å². The van der Waals surface area contributed by atoms with Crippen molar-refractivity contribution in [2.24, 2.45) is 0 Å². The molecular weight excluding hydrogens is 380 g/mol. The normalized spacial score (nSPS) is 15.0. The maximum Gasteiger partial charge on any atom is 0.224 e. The highest BCUT2D eigenvalue weighted by molar-refractivity contribution is 5.50. The number of hydrogen-bond donors (Lipinski definition) is 2. The van der Waals surface area contributed by atoms with Gasteiger partial charge in [0.25, 0.3) is 0 Å². The van der Waals surface area contributed by atoms with Crippen LogP contribution in [0.5, 0.6) is 11.5 Å². The number of nitrogen functional groups attached to an aromatic ring is 1. The summed E-state index contributed by atoms with van der Waals surface area (Å²) >= 11 is 0. The number of benzene rings is 1. The van der Waals surface area contributed by atoms with E-state index in [0.29, 0.717) is 18.1 Å². The Morgan fingerprint density at radius 1 is 1.30 bits per heavy atom. The van der Waals surface area contributed by atoms with Crippen molar-refractivity contribution in [2.45, 2.75) is 52.3 Å². The maximum atomic E-state index is 8.93. The van der Waals surface area contributed by atoms with Crippen LogP contribution < -0.4 is 20.5 Å². The second-order valence-corrected chi connectivity index (χ2v) is 7.68. The average Bonchev–Trinajstić information content (AvgIpc) is 2.71. The van der Waals surface area contributed by atoms with Crippen LogP contribution in [0.2, 0.25) is 0 Å². The number of rotatable bonds is 8. The third kappa shape index (κ3) is 5.74. The molecule has 0 amide bonds. The summed E-state index contributed by atoms with van der Waals surface area (Å²) in [6.07, 6.45) is 3.53. The number of nitrogens with zero attached hydrogens (tertiary/aromatic N) is 4. The highest BCUT2D eigenvalue weighted by Crippen LogP contribution is 2.30. The second-order valence-electron chi connectivity index (χ2n) is 7.68. The first-order chi connectivity index (χ1) is 14.5. The van der Waals surface area contributed by atoms with Crippen LogP contribution in [0.3, 0.4) is 0 Å². The minimum Gasteiger partial charge on any atom is -0.490 e. The minimum atomic E-state index is 0.108. The maximum absolute atomic E-state index is 8.93. The summed E-state index contributed by atoms with van der Waals surface area (Å²) in [7, 11) is 0. The summed E-state index contributed by atoms with van der Waals surface area (Å²) in [6, 6.07) is 8.46. The summed E-state index contributed by atoms with van der Waals surface area (Å²) in [5.74, 6) is 2.28. The Labute approximate surface area is 178 Å². The van der Waals surface area contributed by atoms with Gasteiger partial charge in [0.05, 0.1) is 18.9 Å². The van der Waals surface area contributed by atoms with E-state index in [1.54, 1.807) is 0 Å². The first kappa shape index (κ1) is 21.7. The molecule has 2 aromatic rings.